The zero-order chi connectivity index (χ0) is 7.56. The van der Waals surface area contributed by atoms with Crippen molar-refractivity contribution in [3.05, 3.63) is 11.6 Å². The predicted molar refractivity (Wildman–Crippen MR) is 38.5 cm³/mol. The van der Waals surface area contributed by atoms with E-state index in [1.165, 1.54) is 7.11 Å². The third-order valence-electron chi connectivity index (χ3n) is 1.80. The monoisotopic (exact) mass is 140 g/mol. The van der Waals surface area contributed by atoms with Gasteiger partial charge < -0.3 is 4.74 Å². The topological polar surface area (TPSA) is 26.3 Å². The van der Waals surface area contributed by atoms with Crippen molar-refractivity contribution in [2.24, 2.45) is 5.92 Å². The average molecular weight is 140 g/mol. The number of carbonyl (C=O) groups is 1. The van der Waals surface area contributed by atoms with Crippen LogP contribution in [0.5, 0.6) is 0 Å². The highest BCUT2D eigenvalue weighted by molar-refractivity contribution is 5.88. The highest BCUT2D eigenvalue weighted by Crippen LogP contribution is 2.23. The molecule has 0 amide bonds. The fraction of sp³-hybridized carbons (Fsp3) is 0.625. The van der Waals surface area contributed by atoms with Crippen LogP contribution >= 0.6 is 0 Å². The van der Waals surface area contributed by atoms with Crippen LogP contribution in [0.25, 0.3) is 0 Å². The maximum absolute atomic E-state index is 10.9. The van der Waals surface area contributed by atoms with Gasteiger partial charge in [0.2, 0.25) is 0 Å². The zero-order valence-electron chi connectivity index (χ0n) is 6.39. The van der Waals surface area contributed by atoms with E-state index in [-0.39, 0.29) is 5.97 Å². The first-order valence-electron chi connectivity index (χ1n) is 3.53. The van der Waals surface area contributed by atoms with Crippen molar-refractivity contribution < 1.29 is 9.53 Å². The van der Waals surface area contributed by atoms with Crippen LogP contribution in [0.3, 0.4) is 0 Å². The van der Waals surface area contributed by atoms with Gasteiger partial charge in [-0.15, -0.1) is 0 Å². The SMILES string of the molecule is COC(=O)C1=C[C@@H](C)CC1. The number of carbonyl (C=O) groups excluding carboxylic acids is 1. The molecule has 2 heteroatoms. The van der Waals surface area contributed by atoms with Gasteiger partial charge in [0, 0.05) is 5.57 Å². The molecule has 1 rings (SSSR count). The standard InChI is InChI=1S/C8H12O2/c1-6-3-4-7(5-6)8(9)10-2/h5-6H,3-4H2,1-2H3/t6-/m0/s1. The van der Waals surface area contributed by atoms with Gasteiger partial charge in [0.1, 0.15) is 0 Å². The van der Waals surface area contributed by atoms with Gasteiger partial charge in [-0.1, -0.05) is 13.0 Å². The molecular weight excluding hydrogens is 128 g/mol. The number of esters is 1. The Labute approximate surface area is 60.9 Å². The third-order valence-corrected chi connectivity index (χ3v) is 1.80. The molecule has 0 radical (unpaired) electrons. The van der Waals surface area contributed by atoms with Crippen LogP contribution < -0.4 is 0 Å². The summed E-state index contributed by atoms with van der Waals surface area (Å²) in [6.07, 6.45) is 3.96. The first-order valence-corrected chi connectivity index (χ1v) is 3.53. The van der Waals surface area contributed by atoms with Crippen LogP contribution in [0.4, 0.5) is 0 Å². The summed E-state index contributed by atoms with van der Waals surface area (Å²) in [6.45, 7) is 2.11. The van der Waals surface area contributed by atoms with Crippen molar-refractivity contribution in [3.63, 3.8) is 0 Å². The first-order chi connectivity index (χ1) is 4.74. The molecule has 1 aliphatic rings. The van der Waals surface area contributed by atoms with E-state index in [0.717, 1.165) is 18.4 Å². The summed E-state index contributed by atoms with van der Waals surface area (Å²) in [6, 6.07) is 0. The van der Waals surface area contributed by atoms with E-state index in [2.05, 4.69) is 11.7 Å². The summed E-state index contributed by atoms with van der Waals surface area (Å²) in [7, 11) is 1.42. The Kier molecular flexibility index (Phi) is 2.10. The quantitative estimate of drug-likeness (QED) is 0.516. The van der Waals surface area contributed by atoms with Crippen LogP contribution in [0.1, 0.15) is 19.8 Å². The minimum Gasteiger partial charge on any atom is -0.466 e. The van der Waals surface area contributed by atoms with Gasteiger partial charge in [0.25, 0.3) is 0 Å². The second kappa shape index (κ2) is 2.86. The molecule has 2 nitrogen and oxygen atoms in total. The van der Waals surface area contributed by atoms with Gasteiger partial charge in [0.15, 0.2) is 0 Å². The Hall–Kier alpha value is -0.790. The Morgan fingerprint density at radius 1 is 1.80 bits per heavy atom. The summed E-state index contributed by atoms with van der Waals surface area (Å²) >= 11 is 0. The molecule has 56 valence electrons. The molecule has 0 heterocycles. The molecule has 0 aromatic rings. The Bertz CT molecular complexity index is 170. The highest BCUT2D eigenvalue weighted by Gasteiger charge is 2.17. The predicted octanol–water partition coefficient (Wildman–Crippen LogP) is 1.52. The minimum absolute atomic E-state index is 0.163. The van der Waals surface area contributed by atoms with E-state index >= 15 is 0 Å². The molecule has 0 unspecified atom stereocenters. The Balaban J connectivity index is 2.57. The van der Waals surface area contributed by atoms with Gasteiger partial charge >= 0.3 is 5.97 Å². The maximum Gasteiger partial charge on any atom is 0.333 e. The molecule has 0 saturated heterocycles. The molecule has 0 aromatic heterocycles. The van der Waals surface area contributed by atoms with E-state index < -0.39 is 0 Å². The summed E-state index contributed by atoms with van der Waals surface area (Å²) in [5.74, 6) is 0.387. The molecule has 0 fully saturated rings. The average Bonchev–Trinajstić information content (AvgIpc) is 2.34. The summed E-state index contributed by atoms with van der Waals surface area (Å²) < 4.78 is 4.58. The van der Waals surface area contributed by atoms with Crippen LogP contribution in [0.15, 0.2) is 11.6 Å². The maximum atomic E-state index is 10.9. The fourth-order valence-electron chi connectivity index (χ4n) is 1.19. The van der Waals surface area contributed by atoms with Crippen molar-refractivity contribution in [1.29, 1.82) is 0 Å². The molecule has 1 atom stereocenters. The van der Waals surface area contributed by atoms with Crippen molar-refractivity contribution in [3.8, 4) is 0 Å². The second-order valence-corrected chi connectivity index (χ2v) is 2.70. The number of ether oxygens (including phenoxy) is 1. The third kappa shape index (κ3) is 1.38. The van der Waals surface area contributed by atoms with Gasteiger partial charge in [-0.25, -0.2) is 4.79 Å². The molecule has 0 N–H and O–H groups in total. The Morgan fingerprint density at radius 3 is 2.90 bits per heavy atom. The number of hydrogen-bond donors (Lipinski definition) is 0. The van der Waals surface area contributed by atoms with Gasteiger partial charge in [-0.3, -0.25) is 0 Å². The van der Waals surface area contributed by atoms with Crippen LogP contribution in [0, 0.1) is 5.92 Å². The van der Waals surface area contributed by atoms with Gasteiger partial charge in [-0.2, -0.15) is 0 Å². The van der Waals surface area contributed by atoms with E-state index in [0.29, 0.717) is 5.92 Å². The van der Waals surface area contributed by atoms with Crippen molar-refractivity contribution >= 4 is 5.97 Å². The lowest BCUT2D eigenvalue weighted by Gasteiger charge is -1.95. The second-order valence-electron chi connectivity index (χ2n) is 2.70. The van der Waals surface area contributed by atoms with Crippen LogP contribution in [-0.2, 0) is 9.53 Å². The number of rotatable bonds is 1. The number of hydrogen-bond acceptors (Lipinski definition) is 2. The lowest BCUT2D eigenvalue weighted by Crippen LogP contribution is -2.01. The lowest BCUT2D eigenvalue weighted by molar-refractivity contribution is -0.136. The van der Waals surface area contributed by atoms with Gasteiger partial charge in [-0.05, 0) is 18.8 Å². The van der Waals surface area contributed by atoms with Crippen molar-refractivity contribution in [1.82, 2.24) is 0 Å². The Morgan fingerprint density at radius 2 is 2.50 bits per heavy atom. The smallest absolute Gasteiger partial charge is 0.333 e. The molecule has 0 spiro atoms. The molecule has 0 aliphatic heterocycles. The van der Waals surface area contributed by atoms with Crippen LogP contribution in [0.2, 0.25) is 0 Å². The molecular formula is C8H12O2. The number of methoxy groups -OCH3 is 1. The fourth-order valence-corrected chi connectivity index (χ4v) is 1.19. The lowest BCUT2D eigenvalue weighted by atomic mass is 10.2. The summed E-state index contributed by atoms with van der Waals surface area (Å²) in [4.78, 5) is 10.9. The highest BCUT2D eigenvalue weighted by atomic mass is 16.5. The first kappa shape index (κ1) is 7.32. The van der Waals surface area contributed by atoms with Crippen molar-refractivity contribution in [2.45, 2.75) is 19.8 Å². The molecule has 1 aliphatic carbocycles. The van der Waals surface area contributed by atoms with E-state index in [1.807, 2.05) is 6.08 Å². The normalized spacial score (nSPS) is 24.2. The summed E-state index contributed by atoms with van der Waals surface area (Å²) in [5, 5.41) is 0. The molecule has 10 heavy (non-hydrogen) atoms. The van der Waals surface area contributed by atoms with E-state index in [1.54, 1.807) is 0 Å². The van der Waals surface area contributed by atoms with E-state index in [4.69, 9.17) is 0 Å². The minimum atomic E-state index is -0.163. The van der Waals surface area contributed by atoms with E-state index in [9.17, 15) is 4.79 Å². The summed E-state index contributed by atoms with van der Waals surface area (Å²) in [5.41, 5.74) is 0.843. The largest absolute Gasteiger partial charge is 0.466 e. The molecule has 0 bridgehead atoms. The zero-order valence-corrected chi connectivity index (χ0v) is 6.39. The van der Waals surface area contributed by atoms with Crippen molar-refractivity contribution in [2.75, 3.05) is 7.11 Å². The molecule has 0 saturated carbocycles. The van der Waals surface area contributed by atoms with Gasteiger partial charge in [0.05, 0.1) is 7.11 Å². The molecule has 0 aromatic carbocycles. The number of allylic oxidation sites excluding steroid dienone is 1. The van der Waals surface area contributed by atoms with Crippen LogP contribution in [-0.4, -0.2) is 13.1 Å².